The first-order valence-corrected chi connectivity index (χ1v) is 6.06. The van der Waals surface area contributed by atoms with Crippen LogP contribution in [0, 0.1) is 13.8 Å². The molecule has 0 fully saturated rings. The quantitative estimate of drug-likeness (QED) is 0.771. The van der Waals surface area contributed by atoms with E-state index < -0.39 is 0 Å². The summed E-state index contributed by atoms with van der Waals surface area (Å²) in [6.07, 6.45) is 5.37. The lowest BCUT2D eigenvalue weighted by atomic mass is 10.2. The number of pyridine rings is 1. The smallest absolute Gasteiger partial charge is 0.203 e. The van der Waals surface area contributed by atoms with Crippen LogP contribution in [0.5, 0.6) is 0 Å². The topological polar surface area (TPSA) is 68.0 Å². The van der Waals surface area contributed by atoms with E-state index in [2.05, 4.69) is 25.5 Å². The highest BCUT2D eigenvalue weighted by molar-refractivity contribution is 5.61. The summed E-state index contributed by atoms with van der Waals surface area (Å²) >= 11 is 0. The van der Waals surface area contributed by atoms with Crippen LogP contribution < -0.4 is 5.32 Å². The summed E-state index contributed by atoms with van der Waals surface area (Å²) in [4.78, 5) is 8.65. The Bertz CT molecular complexity index is 718. The minimum absolute atomic E-state index is 0.616. The minimum atomic E-state index is 0.616. The molecule has 0 saturated carbocycles. The van der Waals surface area contributed by atoms with Gasteiger partial charge in [0.2, 0.25) is 5.65 Å². The number of aryl methyl sites for hydroxylation is 2. The van der Waals surface area contributed by atoms with Crippen molar-refractivity contribution in [2.45, 2.75) is 20.4 Å². The minimum Gasteiger partial charge on any atom is -0.361 e. The zero-order valence-corrected chi connectivity index (χ0v) is 10.8. The van der Waals surface area contributed by atoms with Gasteiger partial charge in [0.05, 0.1) is 12.2 Å². The van der Waals surface area contributed by atoms with Gasteiger partial charge in [-0.05, 0) is 25.5 Å². The van der Waals surface area contributed by atoms with Crippen molar-refractivity contribution in [3.05, 3.63) is 47.8 Å². The van der Waals surface area contributed by atoms with Gasteiger partial charge in [-0.15, -0.1) is 10.2 Å². The highest BCUT2D eigenvalue weighted by atomic mass is 15.3. The Kier molecular flexibility index (Phi) is 2.83. The Morgan fingerprint density at radius 1 is 1.16 bits per heavy atom. The van der Waals surface area contributed by atoms with Crippen LogP contribution in [0.15, 0.2) is 30.7 Å². The second kappa shape index (κ2) is 4.64. The van der Waals surface area contributed by atoms with E-state index in [1.165, 1.54) is 0 Å². The number of fused-ring (bicyclic) bond motifs is 1. The maximum atomic E-state index is 4.35. The fraction of sp³-hybridized carbons (Fsp3) is 0.231. The van der Waals surface area contributed by atoms with Crippen LogP contribution in [0.4, 0.5) is 5.82 Å². The average Bonchev–Trinajstić information content (AvgIpc) is 2.81. The Labute approximate surface area is 110 Å². The molecule has 0 aliphatic rings. The summed E-state index contributed by atoms with van der Waals surface area (Å²) in [5.74, 6) is 1.56. The summed E-state index contributed by atoms with van der Waals surface area (Å²) in [5.41, 5.74) is 2.88. The zero-order valence-electron chi connectivity index (χ0n) is 10.8. The Balaban J connectivity index is 1.88. The standard InChI is InChI=1S/C13H14N6/c1-9-4-3-5-14-11(9)8-16-12-13-18-17-10(2)19(13)7-6-15-12/h3-7H,8H2,1-2H3,(H,15,16). The third-order valence-electron chi connectivity index (χ3n) is 3.04. The fourth-order valence-corrected chi connectivity index (χ4v) is 1.94. The summed E-state index contributed by atoms with van der Waals surface area (Å²) in [7, 11) is 0. The maximum Gasteiger partial charge on any atom is 0.203 e. The number of nitrogens with one attached hydrogen (secondary N) is 1. The number of nitrogens with zero attached hydrogens (tertiary/aromatic N) is 5. The van der Waals surface area contributed by atoms with Gasteiger partial charge in [-0.2, -0.15) is 0 Å². The lowest BCUT2D eigenvalue weighted by Gasteiger charge is -2.07. The molecule has 3 heterocycles. The molecule has 0 amide bonds. The van der Waals surface area contributed by atoms with E-state index in [4.69, 9.17) is 0 Å². The van der Waals surface area contributed by atoms with Crippen molar-refractivity contribution in [3.63, 3.8) is 0 Å². The van der Waals surface area contributed by atoms with Crippen molar-refractivity contribution in [2.24, 2.45) is 0 Å². The SMILES string of the molecule is Cc1cccnc1CNc1nccn2c(C)nnc12. The third kappa shape index (κ3) is 2.12. The highest BCUT2D eigenvalue weighted by Crippen LogP contribution is 2.13. The fourth-order valence-electron chi connectivity index (χ4n) is 1.94. The van der Waals surface area contributed by atoms with E-state index in [9.17, 15) is 0 Å². The molecule has 6 heteroatoms. The van der Waals surface area contributed by atoms with Crippen LogP contribution in [0.3, 0.4) is 0 Å². The Morgan fingerprint density at radius 3 is 2.89 bits per heavy atom. The second-order valence-electron chi connectivity index (χ2n) is 4.34. The van der Waals surface area contributed by atoms with Crippen LogP contribution >= 0.6 is 0 Å². The molecule has 0 radical (unpaired) electrons. The van der Waals surface area contributed by atoms with Crippen molar-refractivity contribution in [1.82, 2.24) is 24.6 Å². The monoisotopic (exact) mass is 254 g/mol. The lowest BCUT2D eigenvalue weighted by molar-refractivity contribution is 0.988. The molecule has 3 rings (SSSR count). The van der Waals surface area contributed by atoms with Crippen molar-refractivity contribution in [1.29, 1.82) is 0 Å². The number of hydrogen-bond donors (Lipinski definition) is 1. The average molecular weight is 254 g/mol. The van der Waals surface area contributed by atoms with Crippen molar-refractivity contribution in [3.8, 4) is 0 Å². The van der Waals surface area contributed by atoms with Crippen LogP contribution in [0.2, 0.25) is 0 Å². The first-order valence-electron chi connectivity index (χ1n) is 6.06. The first-order chi connectivity index (χ1) is 9.25. The largest absolute Gasteiger partial charge is 0.361 e. The molecule has 0 spiro atoms. The Hall–Kier alpha value is -2.50. The molecule has 0 aliphatic heterocycles. The van der Waals surface area contributed by atoms with Crippen LogP contribution in [0.1, 0.15) is 17.1 Å². The first kappa shape index (κ1) is 11.6. The predicted octanol–water partition coefficient (Wildman–Crippen LogP) is 1.75. The number of rotatable bonds is 3. The van der Waals surface area contributed by atoms with Gasteiger partial charge in [-0.1, -0.05) is 6.07 Å². The molecule has 0 saturated heterocycles. The van der Waals surface area contributed by atoms with E-state index >= 15 is 0 Å². The van der Waals surface area contributed by atoms with E-state index in [1.807, 2.05) is 36.6 Å². The van der Waals surface area contributed by atoms with Gasteiger partial charge >= 0.3 is 0 Å². The molecule has 1 N–H and O–H groups in total. The van der Waals surface area contributed by atoms with E-state index in [-0.39, 0.29) is 0 Å². The van der Waals surface area contributed by atoms with Gasteiger partial charge in [0.15, 0.2) is 5.82 Å². The van der Waals surface area contributed by atoms with Crippen LogP contribution in [0.25, 0.3) is 5.65 Å². The van der Waals surface area contributed by atoms with Gasteiger partial charge in [0.1, 0.15) is 5.82 Å². The third-order valence-corrected chi connectivity index (χ3v) is 3.04. The maximum absolute atomic E-state index is 4.35. The molecular weight excluding hydrogens is 240 g/mol. The molecule has 0 unspecified atom stereocenters. The molecule has 19 heavy (non-hydrogen) atoms. The molecule has 6 nitrogen and oxygen atoms in total. The number of anilines is 1. The van der Waals surface area contributed by atoms with Gasteiger partial charge < -0.3 is 5.32 Å². The second-order valence-corrected chi connectivity index (χ2v) is 4.34. The number of hydrogen-bond acceptors (Lipinski definition) is 5. The molecule has 0 atom stereocenters. The zero-order chi connectivity index (χ0) is 13.2. The van der Waals surface area contributed by atoms with E-state index in [0.717, 1.165) is 22.7 Å². The van der Waals surface area contributed by atoms with E-state index in [1.54, 1.807) is 12.4 Å². The molecule has 0 aliphatic carbocycles. The summed E-state index contributed by atoms with van der Waals surface area (Å²) in [5, 5.41) is 11.4. The summed E-state index contributed by atoms with van der Waals surface area (Å²) in [6, 6.07) is 3.97. The molecule has 0 bridgehead atoms. The highest BCUT2D eigenvalue weighted by Gasteiger charge is 2.07. The van der Waals surface area contributed by atoms with Crippen LogP contribution in [-0.2, 0) is 6.54 Å². The van der Waals surface area contributed by atoms with Crippen molar-refractivity contribution < 1.29 is 0 Å². The normalized spacial score (nSPS) is 10.8. The van der Waals surface area contributed by atoms with Crippen LogP contribution in [-0.4, -0.2) is 24.6 Å². The molecule has 0 aromatic carbocycles. The Morgan fingerprint density at radius 2 is 2.05 bits per heavy atom. The van der Waals surface area contributed by atoms with Gasteiger partial charge in [0, 0.05) is 18.6 Å². The predicted molar refractivity (Wildman–Crippen MR) is 71.8 cm³/mol. The molecule has 3 aromatic rings. The molecule has 3 aromatic heterocycles. The summed E-state index contributed by atoms with van der Waals surface area (Å²) in [6.45, 7) is 4.57. The van der Waals surface area contributed by atoms with Gasteiger partial charge in [-0.3, -0.25) is 9.38 Å². The van der Waals surface area contributed by atoms with E-state index in [0.29, 0.717) is 12.4 Å². The summed E-state index contributed by atoms with van der Waals surface area (Å²) < 4.78 is 1.90. The number of aromatic nitrogens is 5. The van der Waals surface area contributed by atoms with Gasteiger partial charge in [0.25, 0.3) is 0 Å². The lowest BCUT2D eigenvalue weighted by Crippen LogP contribution is -2.06. The van der Waals surface area contributed by atoms with Gasteiger partial charge in [-0.25, -0.2) is 4.98 Å². The van der Waals surface area contributed by atoms with Crippen molar-refractivity contribution in [2.75, 3.05) is 5.32 Å². The molecular formula is C13H14N6. The molecule has 96 valence electrons. The van der Waals surface area contributed by atoms with Crippen molar-refractivity contribution >= 4 is 11.5 Å².